The fourth-order valence-electron chi connectivity index (χ4n) is 3.71. The highest BCUT2D eigenvalue weighted by Crippen LogP contribution is 2.29. The van der Waals surface area contributed by atoms with Gasteiger partial charge in [0, 0.05) is 37.3 Å². The van der Waals surface area contributed by atoms with E-state index in [-0.39, 0.29) is 24.1 Å². The zero-order chi connectivity index (χ0) is 28.1. The Morgan fingerprint density at radius 3 is 2.21 bits per heavy atom. The third-order valence-electron chi connectivity index (χ3n) is 5.88. The molecule has 10 heteroatoms. The molecule has 1 aromatic heterocycles. The predicted molar refractivity (Wildman–Crippen MR) is 139 cm³/mol. The Hall–Kier alpha value is -3.66. The third kappa shape index (κ3) is 7.44. The molecule has 0 bridgehead atoms. The summed E-state index contributed by atoms with van der Waals surface area (Å²) in [4.78, 5) is 27.6. The molecule has 1 heterocycles. The van der Waals surface area contributed by atoms with Crippen LogP contribution in [0.2, 0.25) is 0 Å². The lowest BCUT2D eigenvalue weighted by Crippen LogP contribution is -2.39. The molecule has 204 valence electrons. The van der Waals surface area contributed by atoms with E-state index < -0.39 is 23.6 Å². The maximum atomic E-state index is 13.2. The van der Waals surface area contributed by atoms with Gasteiger partial charge in [-0.15, -0.1) is 0 Å². The van der Waals surface area contributed by atoms with Gasteiger partial charge in [-0.2, -0.15) is 18.3 Å². The van der Waals surface area contributed by atoms with Crippen LogP contribution in [-0.4, -0.2) is 53.3 Å². The zero-order valence-electron chi connectivity index (χ0n) is 22.2. The van der Waals surface area contributed by atoms with E-state index in [9.17, 15) is 22.8 Å². The third-order valence-corrected chi connectivity index (χ3v) is 5.88. The van der Waals surface area contributed by atoms with E-state index in [2.05, 4.69) is 5.32 Å². The molecule has 0 spiro atoms. The van der Waals surface area contributed by atoms with Gasteiger partial charge in [-0.3, -0.25) is 9.59 Å². The van der Waals surface area contributed by atoms with Gasteiger partial charge in [0.2, 0.25) is 5.91 Å². The first-order valence-corrected chi connectivity index (χ1v) is 12.2. The number of hydrogen-bond acceptors (Lipinski definition) is 4. The smallest absolute Gasteiger partial charge is 0.385 e. The standard InChI is InChI=1S/C28H33F3N4O3/c1-19-7-13-22(14-8-19)35-24(17-23(33-35)27(2,3)4)32-25(36)18-34(15-6-16-38-5)26(37)20-9-11-21(12-10-20)28(29,30)31/h7-14,17H,6,15-16,18H2,1-5H3,(H,32,36). The number of benzene rings is 2. The summed E-state index contributed by atoms with van der Waals surface area (Å²) in [6.07, 6.45) is -4.06. The van der Waals surface area contributed by atoms with Crippen LogP contribution in [0.4, 0.5) is 19.0 Å². The van der Waals surface area contributed by atoms with Crippen molar-refractivity contribution in [3.8, 4) is 5.69 Å². The monoisotopic (exact) mass is 530 g/mol. The molecule has 0 radical (unpaired) electrons. The van der Waals surface area contributed by atoms with Crippen LogP contribution in [0.25, 0.3) is 5.69 Å². The van der Waals surface area contributed by atoms with Crippen LogP contribution in [0.1, 0.15) is 54.4 Å². The summed E-state index contributed by atoms with van der Waals surface area (Å²) < 4.78 is 45.5. The topological polar surface area (TPSA) is 76.5 Å². The van der Waals surface area contributed by atoms with Crippen molar-refractivity contribution < 1.29 is 27.5 Å². The van der Waals surface area contributed by atoms with Gasteiger partial charge in [-0.05, 0) is 49.7 Å². The second kappa shape index (κ2) is 11.8. The average Bonchev–Trinajstić information content (AvgIpc) is 3.27. The molecule has 0 aliphatic carbocycles. The number of carbonyl (C=O) groups is 2. The first-order valence-electron chi connectivity index (χ1n) is 12.2. The zero-order valence-corrected chi connectivity index (χ0v) is 22.2. The Kier molecular flexibility index (Phi) is 8.98. The van der Waals surface area contributed by atoms with E-state index >= 15 is 0 Å². The molecule has 0 saturated carbocycles. The Balaban J connectivity index is 1.84. The van der Waals surface area contributed by atoms with Gasteiger partial charge in [0.1, 0.15) is 12.4 Å². The highest BCUT2D eigenvalue weighted by Gasteiger charge is 2.30. The summed E-state index contributed by atoms with van der Waals surface area (Å²) in [6.45, 7) is 8.26. The van der Waals surface area contributed by atoms with Crippen LogP contribution < -0.4 is 5.32 Å². The summed E-state index contributed by atoms with van der Waals surface area (Å²) in [6, 6.07) is 13.4. The molecule has 38 heavy (non-hydrogen) atoms. The highest BCUT2D eigenvalue weighted by molar-refractivity contribution is 5.99. The Morgan fingerprint density at radius 2 is 1.66 bits per heavy atom. The number of halogens is 3. The minimum atomic E-state index is -4.51. The average molecular weight is 531 g/mol. The van der Waals surface area contributed by atoms with E-state index in [1.54, 1.807) is 10.7 Å². The van der Waals surface area contributed by atoms with E-state index in [0.717, 1.165) is 41.2 Å². The number of alkyl halides is 3. The molecule has 2 amide bonds. The van der Waals surface area contributed by atoms with Crippen molar-refractivity contribution in [3.05, 3.63) is 77.0 Å². The minimum absolute atomic E-state index is 0.0583. The van der Waals surface area contributed by atoms with Crippen LogP contribution in [0, 0.1) is 6.92 Å². The molecule has 0 saturated heterocycles. The quantitative estimate of drug-likeness (QED) is 0.365. The number of aryl methyl sites for hydroxylation is 1. The lowest BCUT2D eigenvalue weighted by molar-refractivity contribution is -0.137. The molecule has 0 aliphatic heterocycles. The number of nitrogens with one attached hydrogen (secondary N) is 1. The maximum absolute atomic E-state index is 13.2. The van der Waals surface area contributed by atoms with Gasteiger partial charge in [0.15, 0.2) is 0 Å². The van der Waals surface area contributed by atoms with Gasteiger partial charge in [0.25, 0.3) is 5.91 Å². The maximum Gasteiger partial charge on any atom is 0.416 e. The van der Waals surface area contributed by atoms with E-state index in [4.69, 9.17) is 9.84 Å². The van der Waals surface area contributed by atoms with E-state index in [0.29, 0.717) is 18.8 Å². The molecule has 3 aromatic rings. The van der Waals surface area contributed by atoms with Crippen molar-refractivity contribution in [3.63, 3.8) is 0 Å². The van der Waals surface area contributed by atoms with Crippen molar-refractivity contribution in [1.29, 1.82) is 0 Å². The van der Waals surface area contributed by atoms with E-state index in [1.165, 1.54) is 12.0 Å². The number of hydrogen-bond donors (Lipinski definition) is 1. The van der Waals surface area contributed by atoms with Gasteiger partial charge in [-0.1, -0.05) is 38.5 Å². The molecule has 0 unspecified atom stereocenters. The number of anilines is 1. The largest absolute Gasteiger partial charge is 0.416 e. The molecule has 7 nitrogen and oxygen atoms in total. The van der Waals surface area contributed by atoms with Crippen LogP contribution in [0.5, 0.6) is 0 Å². The van der Waals surface area contributed by atoms with Gasteiger partial charge in [0.05, 0.1) is 16.9 Å². The summed E-state index contributed by atoms with van der Waals surface area (Å²) in [5.74, 6) is -0.564. The van der Waals surface area contributed by atoms with Crippen LogP contribution in [0.15, 0.2) is 54.6 Å². The molecular weight excluding hydrogens is 497 g/mol. The van der Waals surface area contributed by atoms with Crippen molar-refractivity contribution >= 4 is 17.6 Å². The molecule has 2 aromatic carbocycles. The normalized spacial score (nSPS) is 11.9. The van der Waals surface area contributed by atoms with Crippen molar-refractivity contribution in [1.82, 2.24) is 14.7 Å². The first-order chi connectivity index (χ1) is 17.8. The fraction of sp³-hybridized carbons (Fsp3) is 0.393. The Morgan fingerprint density at radius 1 is 1.03 bits per heavy atom. The Bertz CT molecular complexity index is 1240. The summed E-state index contributed by atoms with van der Waals surface area (Å²) in [5, 5.41) is 7.56. The molecular formula is C28H33F3N4O3. The number of aromatic nitrogens is 2. The number of amides is 2. The Labute approximate surface area is 220 Å². The molecule has 3 rings (SSSR count). The van der Waals surface area contributed by atoms with Crippen molar-refractivity contribution in [2.24, 2.45) is 0 Å². The number of nitrogens with zero attached hydrogens (tertiary/aromatic N) is 3. The van der Waals surface area contributed by atoms with Gasteiger partial charge < -0.3 is 15.0 Å². The lowest BCUT2D eigenvalue weighted by atomic mass is 9.92. The first kappa shape index (κ1) is 28.9. The van der Waals surface area contributed by atoms with Gasteiger partial charge in [-0.25, -0.2) is 4.68 Å². The minimum Gasteiger partial charge on any atom is -0.385 e. The molecule has 1 N–H and O–H groups in total. The number of carbonyl (C=O) groups excluding carboxylic acids is 2. The van der Waals surface area contributed by atoms with Crippen LogP contribution in [0.3, 0.4) is 0 Å². The van der Waals surface area contributed by atoms with Crippen LogP contribution in [-0.2, 0) is 21.1 Å². The SMILES string of the molecule is COCCCN(CC(=O)Nc1cc(C(C)(C)C)nn1-c1ccc(C)cc1)C(=O)c1ccc(C(F)(F)F)cc1. The summed E-state index contributed by atoms with van der Waals surface area (Å²) in [7, 11) is 1.52. The van der Waals surface area contributed by atoms with Crippen molar-refractivity contribution in [2.45, 2.75) is 45.7 Å². The van der Waals surface area contributed by atoms with Gasteiger partial charge >= 0.3 is 6.18 Å². The molecule has 0 atom stereocenters. The lowest BCUT2D eigenvalue weighted by Gasteiger charge is -2.22. The number of ether oxygens (including phenoxy) is 1. The molecule has 0 aliphatic rings. The van der Waals surface area contributed by atoms with E-state index in [1.807, 2.05) is 52.0 Å². The fourth-order valence-corrected chi connectivity index (χ4v) is 3.71. The predicted octanol–water partition coefficient (Wildman–Crippen LogP) is 5.61. The van der Waals surface area contributed by atoms with Crippen molar-refractivity contribution in [2.75, 3.05) is 32.1 Å². The summed E-state index contributed by atoms with van der Waals surface area (Å²) >= 11 is 0. The number of rotatable bonds is 9. The molecule has 0 fully saturated rings. The number of methoxy groups -OCH3 is 1. The highest BCUT2D eigenvalue weighted by atomic mass is 19.4. The summed E-state index contributed by atoms with van der Waals surface area (Å²) in [5.41, 5.74) is 1.54. The second-order valence-corrected chi connectivity index (χ2v) is 10.1. The second-order valence-electron chi connectivity index (χ2n) is 10.1. The van der Waals surface area contributed by atoms with Crippen LogP contribution >= 0.6 is 0 Å².